The fraction of sp³-hybridized carbons (Fsp3) is 0.316. The molecule has 4 rings (SSSR count). The van der Waals surface area contributed by atoms with E-state index in [1.54, 1.807) is 0 Å². The molecule has 6 nitrogen and oxygen atoms in total. The van der Waals surface area contributed by atoms with E-state index in [0.717, 1.165) is 17.0 Å². The maximum absolute atomic E-state index is 15.0. The van der Waals surface area contributed by atoms with Crippen molar-refractivity contribution in [1.29, 1.82) is 0 Å². The first kappa shape index (κ1) is 19.9. The highest BCUT2D eigenvalue weighted by Gasteiger charge is 2.60. The summed E-state index contributed by atoms with van der Waals surface area (Å²) in [6.07, 6.45) is -1.45. The van der Waals surface area contributed by atoms with Crippen molar-refractivity contribution in [2.75, 3.05) is 19.7 Å². The minimum atomic E-state index is -4.27. The number of amides is 1. The summed E-state index contributed by atoms with van der Waals surface area (Å²) in [6.45, 7) is -0.588. The van der Waals surface area contributed by atoms with E-state index >= 15 is 0 Å². The maximum Gasteiger partial charge on any atom is 0.407 e. The normalized spacial score (nSPS) is 23.7. The highest BCUT2D eigenvalue weighted by molar-refractivity contribution is 7.92. The topological polar surface area (TPSA) is 83.9 Å². The van der Waals surface area contributed by atoms with Gasteiger partial charge < -0.3 is 14.7 Å². The molecule has 10 heteroatoms. The predicted octanol–water partition coefficient (Wildman–Crippen LogP) is 3.68. The minimum Gasteiger partial charge on any atom is -0.490 e. The van der Waals surface area contributed by atoms with Crippen LogP contribution in [0.3, 0.4) is 0 Å². The van der Waals surface area contributed by atoms with Crippen molar-refractivity contribution < 1.29 is 31.8 Å². The summed E-state index contributed by atoms with van der Waals surface area (Å²) in [7, 11) is -4.27. The quantitative estimate of drug-likeness (QED) is 0.765. The summed E-state index contributed by atoms with van der Waals surface area (Å²) >= 11 is 5.87. The lowest BCUT2D eigenvalue weighted by Crippen LogP contribution is -2.58. The fourth-order valence-electron chi connectivity index (χ4n) is 4.26. The number of benzene rings is 2. The van der Waals surface area contributed by atoms with E-state index in [1.807, 2.05) is 0 Å². The molecule has 0 unspecified atom stereocenters. The average molecular weight is 444 g/mol. The van der Waals surface area contributed by atoms with Crippen molar-refractivity contribution in [3.8, 4) is 5.75 Å². The second-order valence-electron chi connectivity index (χ2n) is 7.07. The Bertz CT molecular complexity index is 1090. The number of sulfone groups is 1. The molecule has 154 valence electrons. The molecule has 0 aliphatic carbocycles. The zero-order chi connectivity index (χ0) is 21.0. The number of likely N-dealkylation sites (tertiary alicyclic amines) is 1. The number of piperidine rings is 1. The molecule has 1 N–H and O–H groups in total. The summed E-state index contributed by atoms with van der Waals surface area (Å²) in [5.41, 5.74) is -0.381. The second-order valence-corrected chi connectivity index (χ2v) is 9.71. The van der Waals surface area contributed by atoms with Gasteiger partial charge in [-0.25, -0.2) is 22.0 Å². The first-order valence-corrected chi connectivity index (χ1v) is 10.6. The molecule has 0 radical (unpaired) electrons. The summed E-state index contributed by atoms with van der Waals surface area (Å²) < 4.78 is 60.5. The fourth-order valence-corrected chi connectivity index (χ4v) is 6.71. The van der Waals surface area contributed by atoms with Gasteiger partial charge in [-0.3, -0.25) is 0 Å². The molecule has 2 heterocycles. The van der Waals surface area contributed by atoms with Gasteiger partial charge in [0.2, 0.25) is 0 Å². The van der Waals surface area contributed by atoms with E-state index < -0.39 is 44.0 Å². The van der Waals surface area contributed by atoms with E-state index in [-0.39, 0.29) is 36.6 Å². The molecular formula is C19H16ClF2NO5S. The number of halogens is 3. The van der Waals surface area contributed by atoms with Gasteiger partial charge in [0.05, 0.1) is 17.1 Å². The molecule has 0 bridgehead atoms. The van der Waals surface area contributed by atoms with Crippen LogP contribution in [0.5, 0.6) is 5.75 Å². The Labute approximate surface area is 170 Å². The van der Waals surface area contributed by atoms with E-state index in [9.17, 15) is 27.1 Å². The largest absolute Gasteiger partial charge is 0.490 e. The predicted molar refractivity (Wildman–Crippen MR) is 99.9 cm³/mol. The summed E-state index contributed by atoms with van der Waals surface area (Å²) in [6, 6.07) is 7.15. The maximum atomic E-state index is 15.0. The Morgan fingerprint density at radius 3 is 2.48 bits per heavy atom. The average Bonchev–Trinajstić information content (AvgIpc) is 2.69. The molecule has 1 fully saturated rings. The van der Waals surface area contributed by atoms with Gasteiger partial charge >= 0.3 is 6.09 Å². The molecule has 0 aromatic heterocycles. The molecule has 0 saturated carbocycles. The molecular weight excluding hydrogens is 428 g/mol. The Kier molecular flexibility index (Phi) is 4.70. The van der Waals surface area contributed by atoms with E-state index in [4.69, 9.17) is 16.3 Å². The van der Waals surface area contributed by atoms with Crippen molar-refractivity contribution in [1.82, 2.24) is 4.90 Å². The first-order valence-electron chi connectivity index (χ1n) is 8.78. The summed E-state index contributed by atoms with van der Waals surface area (Å²) in [5.74, 6) is -3.14. The molecule has 2 aliphatic heterocycles. The van der Waals surface area contributed by atoms with Crippen LogP contribution in [0.25, 0.3) is 0 Å². The number of carboxylic acid groups (broad SMARTS) is 1. The minimum absolute atomic E-state index is 0.104. The lowest BCUT2D eigenvalue weighted by Gasteiger charge is -2.49. The number of carbonyl (C=O) groups is 1. The first-order chi connectivity index (χ1) is 13.7. The lowest BCUT2D eigenvalue weighted by molar-refractivity contribution is 0.0651. The van der Waals surface area contributed by atoms with Gasteiger partial charge in [0.1, 0.15) is 10.6 Å². The van der Waals surface area contributed by atoms with Crippen molar-refractivity contribution in [2.24, 2.45) is 5.92 Å². The van der Waals surface area contributed by atoms with Gasteiger partial charge in [0, 0.05) is 24.0 Å². The summed E-state index contributed by atoms with van der Waals surface area (Å²) in [5, 5.41) is 9.67. The van der Waals surface area contributed by atoms with Crippen LogP contribution in [-0.2, 0) is 14.6 Å². The second kappa shape index (κ2) is 6.84. The van der Waals surface area contributed by atoms with E-state index in [2.05, 4.69) is 0 Å². The lowest BCUT2D eigenvalue weighted by atomic mass is 9.77. The van der Waals surface area contributed by atoms with Crippen molar-refractivity contribution in [3.63, 3.8) is 0 Å². The Balaban J connectivity index is 1.99. The molecule has 29 heavy (non-hydrogen) atoms. The van der Waals surface area contributed by atoms with Crippen LogP contribution in [0.1, 0.15) is 12.0 Å². The number of fused-ring (bicyclic) bond motifs is 3. The number of rotatable bonds is 2. The van der Waals surface area contributed by atoms with Gasteiger partial charge in [-0.05, 0) is 42.8 Å². The number of hydrogen-bond donors (Lipinski definition) is 1. The SMILES string of the molecule is O=C(O)N1CC[C@@]2(S(=O)(=O)c3ccc(Cl)cc3)c3c(F)ccc(F)c3OC[C@H]2C1. The van der Waals surface area contributed by atoms with Crippen LogP contribution in [0.15, 0.2) is 41.3 Å². The number of nitrogens with zero attached hydrogens (tertiary/aromatic N) is 1. The monoisotopic (exact) mass is 443 g/mol. The third-order valence-corrected chi connectivity index (χ3v) is 8.48. The molecule has 2 aliphatic rings. The highest BCUT2D eigenvalue weighted by Crippen LogP contribution is 2.54. The third-order valence-electron chi connectivity index (χ3n) is 5.64. The van der Waals surface area contributed by atoms with Crippen molar-refractivity contribution >= 4 is 27.5 Å². The van der Waals surface area contributed by atoms with Gasteiger partial charge in [0.25, 0.3) is 0 Å². The molecule has 0 spiro atoms. The van der Waals surface area contributed by atoms with Crippen molar-refractivity contribution in [3.05, 3.63) is 58.6 Å². The molecule has 2 aromatic carbocycles. The van der Waals surface area contributed by atoms with Gasteiger partial charge in [0.15, 0.2) is 21.4 Å². The molecule has 1 amide bonds. The van der Waals surface area contributed by atoms with Crippen molar-refractivity contribution in [2.45, 2.75) is 16.1 Å². The third kappa shape index (κ3) is 2.86. The van der Waals surface area contributed by atoms with Crippen LogP contribution in [0.4, 0.5) is 13.6 Å². The Hall–Kier alpha value is -2.39. The number of hydrogen-bond acceptors (Lipinski definition) is 4. The van der Waals surface area contributed by atoms with Crippen LogP contribution < -0.4 is 4.74 Å². The zero-order valence-corrected chi connectivity index (χ0v) is 16.5. The van der Waals surface area contributed by atoms with Gasteiger partial charge in [-0.15, -0.1) is 0 Å². The van der Waals surface area contributed by atoms with Crippen LogP contribution in [0, 0.1) is 17.6 Å². The van der Waals surface area contributed by atoms with Crippen LogP contribution in [-0.4, -0.2) is 44.2 Å². The Morgan fingerprint density at radius 1 is 1.17 bits per heavy atom. The zero-order valence-electron chi connectivity index (χ0n) is 14.9. The van der Waals surface area contributed by atoms with Gasteiger partial charge in [-0.2, -0.15) is 0 Å². The standard InChI is InChI=1S/C19H16ClF2NO5S/c20-12-1-3-13(4-2-12)29(26,27)19-7-8-23(18(24)25)9-11(19)10-28-17-15(22)6-5-14(21)16(17)19/h1-6,11H,7-10H2,(H,24,25)/t11-,19+/m1/s1. The van der Waals surface area contributed by atoms with Crippen LogP contribution in [0.2, 0.25) is 5.02 Å². The van der Waals surface area contributed by atoms with E-state index in [0.29, 0.717) is 5.02 Å². The summed E-state index contributed by atoms with van der Waals surface area (Å²) in [4.78, 5) is 12.4. The van der Waals surface area contributed by atoms with Crippen LogP contribution >= 0.6 is 11.6 Å². The Morgan fingerprint density at radius 2 is 1.83 bits per heavy atom. The smallest absolute Gasteiger partial charge is 0.407 e. The highest BCUT2D eigenvalue weighted by atomic mass is 35.5. The number of ether oxygens (including phenoxy) is 1. The molecule has 2 atom stereocenters. The van der Waals surface area contributed by atoms with E-state index in [1.165, 1.54) is 24.3 Å². The van der Waals surface area contributed by atoms with Gasteiger partial charge in [-0.1, -0.05) is 11.6 Å². The molecule has 2 aromatic rings. The molecule has 1 saturated heterocycles.